The second-order valence-electron chi connectivity index (χ2n) is 4.19. The van der Waals surface area contributed by atoms with Gasteiger partial charge in [0.1, 0.15) is 15.4 Å². The molecule has 0 saturated carbocycles. The lowest BCUT2D eigenvalue weighted by Crippen LogP contribution is -2.49. The molecule has 1 fully saturated rings. The van der Waals surface area contributed by atoms with Gasteiger partial charge in [-0.2, -0.15) is 0 Å². The second-order valence-corrected chi connectivity index (χ2v) is 5.27. The molecule has 0 aromatic carbocycles. The number of likely N-dealkylation sites (N-methyl/N-ethyl adjacent to an activating group) is 1. The summed E-state index contributed by atoms with van der Waals surface area (Å²) in [4.78, 5) is 32.2. The summed E-state index contributed by atoms with van der Waals surface area (Å²) in [7, 11) is 1.63. The maximum Gasteiger partial charge on any atom is 0.266 e. The first-order chi connectivity index (χ1) is 8.65. The Kier molecular flexibility index (Phi) is 4.20. The molecule has 2 rings (SSSR count). The number of amides is 1. The fourth-order valence-electron chi connectivity index (χ4n) is 2.20. The highest BCUT2D eigenvalue weighted by atomic mass is 127. The Morgan fingerprint density at radius 1 is 1.61 bits per heavy atom. The average molecular weight is 362 g/mol. The van der Waals surface area contributed by atoms with Crippen molar-refractivity contribution in [3.8, 4) is 0 Å². The number of H-pyrrole nitrogens is 1. The number of hydrogen-bond donors (Lipinski definition) is 2. The minimum Gasteiger partial charge on any atom is -0.357 e. The lowest BCUT2D eigenvalue weighted by atomic mass is 10.0. The largest absolute Gasteiger partial charge is 0.357 e. The van der Waals surface area contributed by atoms with Crippen molar-refractivity contribution < 1.29 is 4.79 Å². The maximum atomic E-state index is 11.9. The van der Waals surface area contributed by atoms with Crippen LogP contribution in [0.1, 0.15) is 19.3 Å². The minimum atomic E-state index is -0.230. The molecule has 0 bridgehead atoms. The summed E-state index contributed by atoms with van der Waals surface area (Å²) in [6.07, 6.45) is 4.21. The molecule has 1 aliphatic heterocycles. The van der Waals surface area contributed by atoms with E-state index in [0.29, 0.717) is 9.39 Å². The van der Waals surface area contributed by atoms with Crippen LogP contribution in [-0.4, -0.2) is 35.5 Å². The fourth-order valence-corrected chi connectivity index (χ4v) is 2.80. The minimum absolute atomic E-state index is 0.0208. The lowest BCUT2D eigenvalue weighted by Gasteiger charge is -2.35. The first-order valence-electron chi connectivity index (χ1n) is 5.86. The van der Waals surface area contributed by atoms with E-state index in [1.165, 1.54) is 6.33 Å². The topological polar surface area (TPSA) is 78.1 Å². The Balaban J connectivity index is 2.37. The van der Waals surface area contributed by atoms with Crippen LogP contribution in [0.2, 0.25) is 0 Å². The molecule has 1 aromatic rings. The Morgan fingerprint density at radius 2 is 2.39 bits per heavy atom. The van der Waals surface area contributed by atoms with Crippen molar-refractivity contribution in [2.75, 3.05) is 18.5 Å². The van der Waals surface area contributed by atoms with Crippen molar-refractivity contribution >= 4 is 34.3 Å². The number of aromatic nitrogens is 2. The van der Waals surface area contributed by atoms with E-state index in [4.69, 9.17) is 0 Å². The number of carbonyl (C=O) groups excluding carboxylic acids is 1. The predicted molar refractivity (Wildman–Crippen MR) is 76.6 cm³/mol. The number of piperidine rings is 1. The van der Waals surface area contributed by atoms with Crippen molar-refractivity contribution in [3.05, 3.63) is 20.3 Å². The van der Waals surface area contributed by atoms with E-state index in [1.807, 2.05) is 27.5 Å². The first kappa shape index (κ1) is 13.3. The van der Waals surface area contributed by atoms with Gasteiger partial charge >= 0.3 is 0 Å². The van der Waals surface area contributed by atoms with Gasteiger partial charge in [0.05, 0.1) is 6.33 Å². The highest BCUT2D eigenvalue weighted by Gasteiger charge is 2.30. The van der Waals surface area contributed by atoms with Crippen LogP contribution in [0.5, 0.6) is 0 Å². The van der Waals surface area contributed by atoms with Gasteiger partial charge in [-0.25, -0.2) is 4.98 Å². The van der Waals surface area contributed by atoms with E-state index in [1.54, 1.807) is 7.05 Å². The number of anilines is 1. The molecule has 1 amide bonds. The maximum absolute atomic E-state index is 11.9. The molecule has 0 spiro atoms. The van der Waals surface area contributed by atoms with Crippen LogP contribution in [0, 0.1) is 3.57 Å². The van der Waals surface area contributed by atoms with Crippen molar-refractivity contribution in [2.45, 2.75) is 25.3 Å². The van der Waals surface area contributed by atoms with E-state index in [9.17, 15) is 9.59 Å². The van der Waals surface area contributed by atoms with Crippen LogP contribution in [0.15, 0.2) is 11.1 Å². The van der Waals surface area contributed by atoms with Crippen molar-refractivity contribution in [1.82, 2.24) is 15.3 Å². The Hall–Kier alpha value is -1.12. The average Bonchev–Trinajstić information content (AvgIpc) is 2.41. The zero-order chi connectivity index (χ0) is 13.1. The number of hydrogen-bond acceptors (Lipinski definition) is 4. The Bertz CT molecular complexity index is 502. The predicted octanol–water partition coefficient (Wildman–Crippen LogP) is 0.479. The molecule has 1 aromatic heterocycles. The Labute approximate surface area is 118 Å². The van der Waals surface area contributed by atoms with Crippen molar-refractivity contribution in [1.29, 1.82) is 0 Å². The summed E-state index contributed by atoms with van der Waals surface area (Å²) in [6, 6.07) is -0.230. The smallest absolute Gasteiger partial charge is 0.266 e. The molecular formula is C11H15IN4O2. The molecule has 1 atom stereocenters. The van der Waals surface area contributed by atoms with E-state index in [-0.39, 0.29) is 17.5 Å². The molecule has 1 saturated heterocycles. The molecule has 1 aliphatic rings. The summed E-state index contributed by atoms with van der Waals surface area (Å²) in [5.41, 5.74) is -0.165. The lowest BCUT2D eigenvalue weighted by molar-refractivity contribution is -0.122. The molecule has 0 aliphatic carbocycles. The van der Waals surface area contributed by atoms with Crippen LogP contribution < -0.4 is 15.8 Å². The van der Waals surface area contributed by atoms with E-state index < -0.39 is 0 Å². The molecule has 7 heteroatoms. The fraction of sp³-hybridized carbons (Fsp3) is 0.545. The van der Waals surface area contributed by atoms with Gasteiger partial charge in [-0.1, -0.05) is 0 Å². The number of nitrogens with zero attached hydrogens (tertiary/aromatic N) is 2. The zero-order valence-electron chi connectivity index (χ0n) is 10.1. The third-order valence-corrected chi connectivity index (χ3v) is 4.07. The van der Waals surface area contributed by atoms with E-state index in [2.05, 4.69) is 15.3 Å². The number of nitrogens with one attached hydrogen (secondary N) is 2. The molecule has 18 heavy (non-hydrogen) atoms. The van der Waals surface area contributed by atoms with Gasteiger partial charge in [0.25, 0.3) is 5.56 Å². The van der Waals surface area contributed by atoms with Crippen LogP contribution in [0.25, 0.3) is 0 Å². The standard InChI is InChI=1S/C11H15IN4O2/c1-13-10(17)7-4-2-3-5-16(7)9-8(12)11(18)15-6-14-9/h6-7H,2-5H2,1H3,(H,13,17)(H,14,15,18). The summed E-state index contributed by atoms with van der Waals surface area (Å²) in [6.45, 7) is 0.755. The second kappa shape index (κ2) is 5.68. The van der Waals surface area contributed by atoms with Gasteiger partial charge < -0.3 is 15.2 Å². The van der Waals surface area contributed by atoms with Gasteiger partial charge in [0.15, 0.2) is 0 Å². The van der Waals surface area contributed by atoms with E-state index >= 15 is 0 Å². The van der Waals surface area contributed by atoms with Crippen LogP contribution >= 0.6 is 22.6 Å². The van der Waals surface area contributed by atoms with Crippen molar-refractivity contribution in [3.63, 3.8) is 0 Å². The molecule has 6 nitrogen and oxygen atoms in total. The number of halogens is 1. The summed E-state index contributed by atoms with van der Waals surface area (Å²) >= 11 is 1.97. The number of aromatic amines is 1. The van der Waals surface area contributed by atoms with Crippen LogP contribution in [0.4, 0.5) is 5.82 Å². The van der Waals surface area contributed by atoms with Crippen LogP contribution in [-0.2, 0) is 4.79 Å². The summed E-state index contributed by atoms with van der Waals surface area (Å²) < 4.78 is 0.533. The third-order valence-electron chi connectivity index (χ3n) is 3.10. The van der Waals surface area contributed by atoms with E-state index in [0.717, 1.165) is 25.8 Å². The first-order valence-corrected chi connectivity index (χ1v) is 6.94. The van der Waals surface area contributed by atoms with Gasteiger partial charge in [0, 0.05) is 13.6 Å². The molecule has 2 N–H and O–H groups in total. The summed E-state index contributed by atoms with van der Waals surface area (Å²) in [5, 5.41) is 2.67. The van der Waals surface area contributed by atoms with Crippen LogP contribution in [0.3, 0.4) is 0 Å². The quantitative estimate of drug-likeness (QED) is 0.751. The highest BCUT2D eigenvalue weighted by Crippen LogP contribution is 2.25. The number of rotatable bonds is 2. The molecular weight excluding hydrogens is 347 g/mol. The molecule has 0 radical (unpaired) electrons. The Morgan fingerprint density at radius 3 is 3.11 bits per heavy atom. The zero-order valence-corrected chi connectivity index (χ0v) is 12.2. The third kappa shape index (κ3) is 2.50. The van der Waals surface area contributed by atoms with Gasteiger partial charge in [-0.3, -0.25) is 9.59 Å². The molecule has 98 valence electrons. The summed E-state index contributed by atoms with van der Waals surface area (Å²) in [5.74, 6) is 0.584. The van der Waals surface area contributed by atoms with Crippen molar-refractivity contribution in [2.24, 2.45) is 0 Å². The number of carbonyl (C=O) groups is 1. The SMILES string of the molecule is CNC(=O)C1CCCCN1c1nc[nH]c(=O)c1I. The van der Waals surface area contributed by atoms with Gasteiger partial charge in [-0.05, 0) is 41.9 Å². The highest BCUT2D eigenvalue weighted by molar-refractivity contribution is 14.1. The molecule has 1 unspecified atom stereocenters. The normalized spacial score (nSPS) is 19.7. The van der Waals surface area contributed by atoms with Gasteiger partial charge in [-0.15, -0.1) is 0 Å². The monoisotopic (exact) mass is 362 g/mol. The molecule has 2 heterocycles. The van der Waals surface area contributed by atoms with Gasteiger partial charge in [0.2, 0.25) is 5.91 Å².